The van der Waals surface area contributed by atoms with E-state index in [0.29, 0.717) is 6.04 Å². The summed E-state index contributed by atoms with van der Waals surface area (Å²) in [5.41, 5.74) is 1.32. The fourth-order valence-electron chi connectivity index (χ4n) is 2.51. The summed E-state index contributed by atoms with van der Waals surface area (Å²) >= 11 is 3.47. The summed E-state index contributed by atoms with van der Waals surface area (Å²) in [7, 11) is 2.01. The van der Waals surface area contributed by atoms with Gasteiger partial charge >= 0.3 is 0 Å². The topological polar surface area (TPSA) is 35.5 Å². The SMILES string of the molecule is CNC(CCN(CCO)C1CC1)c1ccc(Br)cc1. The molecule has 1 aromatic rings. The molecule has 106 valence electrons. The maximum Gasteiger partial charge on any atom is 0.0558 e. The van der Waals surface area contributed by atoms with Crippen LogP contribution >= 0.6 is 15.9 Å². The minimum absolute atomic E-state index is 0.263. The van der Waals surface area contributed by atoms with Gasteiger partial charge in [0.15, 0.2) is 0 Å². The van der Waals surface area contributed by atoms with Crippen molar-refractivity contribution in [2.24, 2.45) is 0 Å². The first kappa shape index (κ1) is 15.0. The number of hydrogen-bond donors (Lipinski definition) is 2. The van der Waals surface area contributed by atoms with Crippen LogP contribution in [-0.4, -0.2) is 42.8 Å². The fourth-order valence-corrected chi connectivity index (χ4v) is 2.78. The van der Waals surface area contributed by atoms with Crippen LogP contribution in [0.4, 0.5) is 0 Å². The van der Waals surface area contributed by atoms with Crippen molar-refractivity contribution in [3.8, 4) is 0 Å². The lowest BCUT2D eigenvalue weighted by molar-refractivity contribution is 0.183. The zero-order valence-electron chi connectivity index (χ0n) is 11.5. The van der Waals surface area contributed by atoms with Gasteiger partial charge in [-0.3, -0.25) is 4.90 Å². The molecule has 1 atom stereocenters. The molecule has 2 N–H and O–H groups in total. The van der Waals surface area contributed by atoms with Gasteiger partial charge in [0.2, 0.25) is 0 Å². The second-order valence-corrected chi connectivity index (χ2v) is 6.09. The van der Waals surface area contributed by atoms with E-state index < -0.39 is 0 Å². The molecule has 0 spiro atoms. The van der Waals surface area contributed by atoms with Crippen molar-refractivity contribution in [3.63, 3.8) is 0 Å². The lowest BCUT2D eigenvalue weighted by Gasteiger charge is -2.24. The maximum absolute atomic E-state index is 9.12. The molecule has 4 heteroatoms. The highest BCUT2D eigenvalue weighted by atomic mass is 79.9. The van der Waals surface area contributed by atoms with Crippen LogP contribution in [0.25, 0.3) is 0 Å². The molecule has 1 aliphatic carbocycles. The largest absolute Gasteiger partial charge is 0.395 e. The smallest absolute Gasteiger partial charge is 0.0558 e. The molecule has 19 heavy (non-hydrogen) atoms. The normalized spacial score (nSPS) is 16.8. The van der Waals surface area contributed by atoms with E-state index in [4.69, 9.17) is 5.11 Å². The molecule has 0 saturated heterocycles. The summed E-state index contributed by atoms with van der Waals surface area (Å²) in [6.07, 6.45) is 3.67. The van der Waals surface area contributed by atoms with E-state index in [2.05, 4.69) is 50.4 Å². The standard InChI is InChI=1S/C15H23BrN2O/c1-17-15(12-2-4-13(16)5-3-12)8-9-18(10-11-19)14-6-7-14/h2-5,14-15,17,19H,6-11H2,1H3. The first-order chi connectivity index (χ1) is 9.24. The Morgan fingerprint density at radius 3 is 2.53 bits per heavy atom. The predicted octanol–water partition coefficient (Wildman–Crippen LogP) is 2.56. The number of nitrogens with zero attached hydrogens (tertiary/aromatic N) is 1. The maximum atomic E-state index is 9.12. The van der Waals surface area contributed by atoms with Crippen molar-refractivity contribution in [2.75, 3.05) is 26.7 Å². The Kier molecular flexibility index (Phi) is 5.82. The van der Waals surface area contributed by atoms with Crippen LogP contribution in [0.2, 0.25) is 0 Å². The Balaban J connectivity index is 1.89. The Labute approximate surface area is 124 Å². The fraction of sp³-hybridized carbons (Fsp3) is 0.600. The number of nitrogens with one attached hydrogen (secondary N) is 1. The van der Waals surface area contributed by atoms with Gasteiger partial charge in [-0.05, 0) is 44.0 Å². The summed E-state index contributed by atoms with van der Waals surface area (Å²) in [5.74, 6) is 0. The van der Waals surface area contributed by atoms with E-state index in [0.717, 1.165) is 30.0 Å². The molecule has 1 fully saturated rings. The molecule has 0 bridgehead atoms. The Morgan fingerprint density at radius 1 is 1.32 bits per heavy atom. The second-order valence-electron chi connectivity index (χ2n) is 5.17. The summed E-state index contributed by atoms with van der Waals surface area (Å²) in [4.78, 5) is 2.42. The van der Waals surface area contributed by atoms with Crippen molar-refractivity contribution in [1.82, 2.24) is 10.2 Å². The van der Waals surface area contributed by atoms with Gasteiger partial charge in [0, 0.05) is 29.6 Å². The van der Waals surface area contributed by atoms with Crippen LogP contribution in [0, 0.1) is 0 Å². The van der Waals surface area contributed by atoms with E-state index >= 15 is 0 Å². The molecule has 3 nitrogen and oxygen atoms in total. The minimum Gasteiger partial charge on any atom is -0.395 e. The summed E-state index contributed by atoms with van der Waals surface area (Å²) in [5, 5.41) is 12.5. The van der Waals surface area contributed by atoms with Crippen LogP contribution in [0.15, 0.2) is 28.7 Å². The summed E-state index contributed by atoms with van der Waals surface area (Å²) in [6.45, 7) is 2.12. The van der Waals surface area contributed by atoms with Gasteiger partial charge < -0.3 is 10.4 Å². The number of halogens is 1. The Morgan fingerprint density at radius 2 is 2.00 bits per heavy atom. The molecule has 0 aromatic heterocycles. The van der Waals surface area contributed by atoms with Crippen molar-refractivity contribution in [1.29, 1.82) is 0 Å². The molecular weight excluding hydrogens is 304 g/mol. The molecule has 1 aliphatic rings. The molecule has 0 aliphatic heterocycles. The molecule has 0 radical (unpaired) electrons. The number of aliphatic hydroxyl groups excluding tert-OH is 1. The highest BCUT2D eigenvalue weighted by Gasteiger charge is 2.28. The van der Waals surface area contributed by atoms with Gasteiger partial charge in [0.1, 0.15) is 0 Å². The number of rotatable bonds is 8. The highest BCUT2D eigenvalue weighted by molar-refractivity contribution is 9.10. The lowest BCUT2D eigenvalue weighted by Crippen LogP contribution is -2.32. The number of benzene rings is 1. The van der Waals surface area contributed by atoms with E-state index in [1.807, 2.05) is 7.05 Å². The van der Waals surface area contributed by atoms with E-state index in [1.54, 1.807) is 0 Å². The summed E-state index contributed by atoms with van der Waals surface area (Å²) in [6, 6.07) is 9.61. The van der Waals surface area contributed by atoms with Gasteiger partial charge in [0.25, 0.3) is 0 Å². The number of aliphatic hydroxyl groups is 1. The third-order valence-corrected chi connectivity index (χ3v) is 4.30. The zero-order chi connectivity index (χ0) is 13.7. The first-order valence-electron chi connectivity index (χ1n) is 7.02. The van der Waals surface area contributed by atoms with Gasteiger partial charge in [0.05, 0.1) is 6.61 Å². The average molecular weight is 327 g/mol. The molecular formula is C15H23BrN2O. The molecule has 0 heterocycles. The van der Waals surface area contributed by atoms with Crippen molar-refractivity contribution in [2.45, 2.75) is 31.3 Å². The third kappa shape index (κ3) is 4.56. The van der Waals surface area contributed by atoms with E-state index in [-0.39, 0.29) is 6.61 Å². The van der Waals surface area contributed by atoms with Crippen LogP contribution < -0.4 is 5.32 Å². The van der Waals surface area contributed by atoms with Gasteiger partial charge in [-0.2, -0.15) is 0 Å². The van der Waals surface area contributed by atoms with Crippen molar-refractivity contribution < 1.29 is 5.11 Å². The molecule has 1 aromatic carbocycles. The van der Waals surface area contributed by atoms with E-state index in [9.17, 15) is 0 Å². The Bertz CT molecular complexity index is 378. The summed E-state index contributed by atoms with van der Waals surface area (Å²) < 4.78 is 1.12. The monoisotopic (exact) mass is 326 g/mol. The van der Waals surface area contributed by atoms with Gasteiger partial charge in [-0.15, -0.1) is 0 Å². The Hall–Kier alpha value is -0.420. The van der Waals surface area contributed by atoms with Crippen molar-refractivity contribution in [3.05, 3.63) is 34.3 Å². The van der Waals surface area contributed by atoms with Crippen LogP contribution in [0.5, 0.6) is 0 Å². The van der Waals surface area contributed by atoms with Gasteiger partial charge in [-0.25, -0.2) is 0 Å². The molecule has 0 amide bonds. The molecule has 1 unspecified atom stereocenters. The van der Waals surface area contributed by atoms with E-state index in [1.165, 1.54) is 18.4 Å². The second kappa shape index (κ2) is 7.39. The number of hydrogen-bond acceptors (Lipinski definition) is 3. The molecule has 1 saturated carbocycles. The van der Waals surface area contributed by atoms with Crippen molar-refractivity contribution >= 4 is 15.9 Å². The van der Waals surface area contributed by atoms with Gasteiger partial charge in [-0.1, -0.05) is 28.1 Å². The van der Waals surface area contributed by atoms with Crippen LogP contribution in [-0.2, 0) is 0 Å². The molecule has 2 rings (SSSR count). The zero-order valence-corrected chi connectivity index (χ0v) is 13.1. The van der Waals surface area contributed by atoms with Crippen LogP contribution in [0.3, 0.4) is 0 Å². The van der Waals surface area contributed by atoms with Crippen LogP contribution in [0.1, 0.15) is 30.9 Å². The third-order valence-electron chi connectivity index (χ3n) is 3.78. The average Bonchev–Trinajstić information content (AvgIpc) is 3.24. The predicted molar refractivity (Wildman–Crippen MR) is 82.2 cm³/mol. The minimum atomic E-state index is 0.263. The highest BCUT2D eigenvalue weighted by Crippen LogP contribution is 2.28. The lowest BCUT2D eigenvalue weighted by atomic mass is 10.0. The quantitative estimate of drug-likeness (QED) is 0.770. The first-order valence-corrected chi connectivity index (χ1v) is 7.81.